The number of amides is 1. The number of anilines is 1. The third-order valence-electron chi connectivity index (χ3n) is 3.87. The smallest absolute Gasteiger partial charge is 0.408 e. The van der Waals surface area contributed by atoms with Gasteiger partial charge in [0.25, 0.3) is 0 Å². The number of benzene rings is 1. The largest absolute Gasteiger partial charge is 0.444 e. The highest BCUT2D eigenvalue weighted by Gasteiger charge is 2.26. The fraction of sp³-hybridized carbons (Fsp3) is 0.350. The van der Waals surface area contributed by atoms with Crippen molar-refractivity contribution in [1.82, 2.24) is 10.3 Å². The molecule has 3 N–H and O–H groups in total. The topological polar surface area (TPSA) is 94.3 Å². The number of carbonyl (C=O) groups excluding carboxylic acids is 2. The Bertz CT molecular complexity index is 880. The number of aromatic nitrogens is 1. The van der Waals surface area contributed by atoms with Crippen LogP contribution in [0.2, 0.25) is 5.02 Å². The van der Waals surface area contributed by atoms with Gasteiger partial charge in [-0.15, -0.1) is 0 Å². The monoisotopic (exact) mass is 407 g/mol. The second-order valence-corrected chi connectivity index (χ2v) is 7.64. The molecule has 150 valence electrons. The van der Waals surface area contributed by atoms with Gasteiger partial charge in [-0.05, 0) is 45.4 Å². The van der Waals surface area contributed by atoms with E-state index in [2.05, 4.69) is 10.3 Å². The molecule has 28 heavy (non-hydrogen) atoms. The van der Waals surface area contributed by atoms with E-state index in [1.807, 2.05) is 0 Å². The first kappa shape index (κ1) is 21.6. The molecular formula is C20H23ClFN3O3. The van der Waals surface area contributed by atoms with Crippen molar-refractivity contribution < 1.29 is 18.7 Å². The van der Waals surface area contributed by atoms with Crippen molar-refractivity contribution in [3.63, 3.8) is 0 Å². The molecule has 0 radical (unpaired) electrons. The Hall–Kier alpha value is -2.67. The lowest BCUT2D eigenvalue weighted by atomic mass is 9.97. The number of hydrogen-bond donors (Lipinski definition) is 2. The molecule has 0 bridgehead atoms. The number of nitrogen functional groups attached to an aromatic ring is 1. The van der Waals surface area contributed by atoms with Crippen molar-refractivity contribution in [3.8, 4) is 0 Å². The average Bonchev–Trinajstić information content (AvgIpc) is 2.59. The van der Waals surface area contributed by atoms with Gasteiger partial charge in [0.1, 0.15) is 17.2 Å². The Morgan fingerprint density at radius 3 is 2.50 bits per heavy atom. The van der Waals surface area contributed by atoms with Gasteiger partial charge in [0.05, 0.1) is 16.6 Å². The highest BCUT2D eigenvalue weighted by Crippen LogP contribution is 2.30. The summed E-state index contributed by atoms with van der Waals surface area (Å²) in [7, 11) is 0. The number of nitrogens with two attached hydrogens (primary N) is 1. The molecule has 0 unspecified atom stereocenters. The fourth-order valence-corrected chi connectivity index (χ4v) is 2.81. The van der Waals surface area contributed by atoms with Crippen molar-refractivity contribution in [1.29, 1.82) is 0 Å². The van der Waals surface area contributed by atoms with Crippen LogP contribution in [0, 0.1) is 5.82 Å². The zero-order valence-electron chi connectivity index (χ0n) is 16.2. The third kappa shape index (κ3) is 5.19. The van der Waals surface area contributed by atoms with Crippen LogP contribution in [0.1, 0.15) is 61.6 Å². The number of rotatable bonds is 5. The lowest BCUT2D eigenvalue weighted by Gasteiger charge is -2.24. The maximum Gasteiger partial charge on any atom is 0.408 e. The van der Waals surface area contributed by atoms with Gasteiger partial charge < -0.3 is 15.8 Å². The normalized spacial score (nSPS) is 12.4. The molecule has 0 aliphatic heterocycles. The van der Waals surface area contributed by atoms with E-state index in [1.54, 1.807) is 27.7 Å². The lowest BCUT2D eigenvalue weighted by molar-refractivity contribution is 0.0501. The van der Waals surface area contributed by atoms with Crippen molar-refractivity contribution in [2.24, 2.45) is 0 Å². The van der Waals surface area contributed by atoms with Crippen molar-refractivity contribution in [2.45, 2.75) is 45.8 Å². The maximum atomic E-state index is 15.2. The number of halogens is 2. The Kier molecular flexibility index (Phi) is 6.61. The van der Waals surface area contributed by atoms with E-state index in [-0.39, 0.29) is 27.5 Å². The van der Waals surface area contributed by atoms with Crippen LogP contribution in [0.5, 0.6) is 0 Å². The van der Waals surface area contributed by atoms with Crippen LogP contribution in [-0.2, 0) is 4.74 Å². The van der Waals surface area contributed by atoms with Crippen LogP contribution in [0.3, 0.4) is 0 Å². The molecule has 0 fully saturated rings. The molecule has 0 saturated carbocycles. The molecule has 1 heterocycles. The van der Waals surface area contributed by atoms with Crippen LogP contribution in [0.4, 0.5) is 15.0 Å². The van der Waals surface area contributed by atoms with Crippen molar-refractivity contribution in [3.05, 3.63) is 58.0 Å². The average molecular weight is 408 g/mol. The van der Waals surface area contributed by atoms with E-state index in [0.29, 0.717) is 6.42 Å². The van der Waals surface area contributed by atoms with Crippen LogP contribution in [-0.4, -0.2) is 22.5 Å². The predicted octanol–water partition coefficient (Wildman–Crippen LogP) is 4.66. The molecule has 1 aromatic heterocycles. The van der Waals surface area contributed by atoms with Crippen LogP contribution in [0.25, 0.3) is 0 Å². The van der Waals surface area contributed by atoms with E-state index in [4.69, 9.17) is 22.1 Å². The van der Waals surface area contributed by atoms with E-state index in [9.17, 15) is 9.59 Å². The minimum atomic E-state index is -0.794. The summed E-state index contributed by atoms with van der Waals surface area (Å²) in [4.78, 5) is 28.7. The first-order valence-electron chi connectivity index (χ1n) is 8.77. The summed E-state index contributed by atoms with van der Waals surface area (Å²) in [5.74, 6) is -1.18. The molecule has 6 nitrogen and oxygen atoms in total. The van der Waals surface area contributed by atoms with E-state index in [1.165, 1.54) is 30.5 Å². The highest BCUT2D eigenvalue weighted by molar-refractivity contribution is 6.35. The second-order valence-electron chi connectivity index (χ2n) is 7.23. The molecule has 8 heteroatoms. The molecular weight excluding hydrogens is 385 g/mol. The number of ketones is 1. The van der Waals surface area contributed by atoms with Crippen LogP contribution < -0.4 is 11.1 Å². The highest BCUT2D eigenvalue weighted by atomic mass is 35.5. The SMILES string of the molecule is CC[C@@H](NC(=O)OC(C)(C)C)c1ccc(Cl)c(C(=O)c2ccc(N)nc2)c1F. The maximum absolute atomic E-state index is 15.2. The van der Waals surface area contributed by atoms with Gasteiger partial charge in [-0.1, -0.05) is 24.6 Å². The summed E-state index contributed by atoms with van der Waals surface area (Å²) in [6.45, 7) is 6.97. The molecule has 0 aliphatic rings. The quantitative estimate of drug-likeness (QED) is 0.702. The molecule has 1 aromatic carbocycles. The number of alkyl carbamates (subject to hydrolysis) is 1. The first-order chi connectivity index (χ1) is 13.0. The van der Waals surface area contributed by atoms with Gasteiger partial charge in [-0.2, -0.15) is 0 Å². The van der Waals surface area contributed by atoms with Crippen LogP contribution >= 0.6 is 11.6 Å². The van der Waals surface area contributed by atoms with Gasteiger partial charge in [0, 0.05) is 17.3 Å². The van der Waals surface area contributed by atoms with Gasteiger partial charge in [-0.3, -0.25) is 4.79 Å². The lowest BCUT2D eigenvalue weighted by Crippen LogP contribution is -2.35. The molecule has 0 aliphatic carbocycles. The van der Waals surface area contributed by atoms with Gasteiger partial charge in [0.2, 0.25) is 0 Å². The van der Waals surface area contributed by atoms with Crippen LogP contribution in [0.15, 0.2) is 30.5 Å². The molecule has 2 rings (SSSR count). The zero-order chi connectivity index (χ0) is 21.1. The number of hydrogen-bond acceptors (Lipinski definition) is 5. The van der Waals surface area contributed by atoms with Gasteiger partial charge in [0.15, 0.2) is 5.78 Å². The summed E-state index contributed by atoms with van der Waals surface area (Å²) < 4.78 is 20.5. The van der Waals surface area contributed by atoms with Crippen molar-refractivity contribution in [2.75, 3.05) is 5.73 Å². The fourth-order valence-electron chi connectivity index (χ4n) is 2.58. The Morgan fingerprint density at radius 2 is 1.96 bits per heavy atom. The van der Waals surface area contributed by atoms with E-state index in [0.717, 1.165) is 0 Å². The zero-order valence-corrected chi connectivity index (χ0v) is 16.9. The Balaban J connectivity index is 2.38. The van der Waals surface area contributed by atoms with Gasteiger partial charge >= 0.3 is 6.09 Å². The minimum Gasteiger partial charge on any atom is -0.444 e. The second kappa shape index (κ2) is 8.56. The number of pyridine rings is 1. The summed E-state index contributed by atoms with van der Waals surface area (Å²) in [5, 5.41) is 2.60. The Morgan fingerprint density at radius 1 is 1.29 bits per heavy atom. The molecule has 1 amide bonds. The first-order valence-corrected chi connectivity index (χ1v) is 9.15. The summed E-state index contributed by atoms with van der Waals surface area (Å²) in [5.41, 5.74) is 4.85. The van der Waals surface area contributed by atoms with E-state index >= 15 is 4.39 Å². The summed E-state index contributed by atoms with van der Waals surface area (Å²) >= 11 is 6.10. The predicted molar refractivity (Wildman–Crippen MR) is 106 cm³/mol. The number of ether oxygens (including phenoxy) is 1. The Labute approximate surface area is 168 Å². The molecule has 0 saturated heterocycles. The van der Waals surface area contributed by atoms with Crippen molar-refractivity contribution >= 4 is 29.3 Å². The summed E-state index contributed by atoms with van der Waals surface area (Å²) in [6.07, 6.45) is 0.967. The third-order valence-corrected chi connectivity index (χ3v) is 4.19. The number of nitrogens with zero attached hydrogens (tertiary/aromatic N) is 1. The molecule has 1 atom stereocenters. The standard InChI is InChI=1S/C20H23ClFN3O3/c1-5-14(25-19(27)28-20(2,3)4)12-7-8-13(21)16(17(12)22)18(26)11-6-9-15(23)24-10-11/h6-10,14H,5H2,1-4H3,(H2,23,24)(H,25,27)/t14-/m1/s1. The minimum absolute atomic E-state index is 0.0322. The van der Waals surface area contributed by atoms with E-state index < -0.39 is 29.3 Å². The molecule has 2 aromatic rings. The van der Waals surface area contributed by atoms with Gasteiger partial charge in [-0.25, -0.2) is 14.2 Å². The summed E-state index contributed by atoms with van der Waals surface area (Å²) in [6, 6.07) is 5.08. The molecule has 0 spiro atoms. The number of carbonyl (C=O) groups is 2. The number of nitrogens with one attached hydrogen (secondary N) is 1.